The smallest absolute Gasteiger partial charge is 0.0132 e. The van der Waals surface area contributed by atoms with E-state index in [1.165, 1.54) is 43.6 Å². The van der Waals surface area contributed by atoms with Crippen molar-refractivity contribution in [2.24, 2.45) is 5.41 Å². The minimum Gasteiger partial charge on any atom is -0.311 e. The molecule has 1 aliphatic rings. The van der Waals surface area contributed by atoms with Gasteiger partial charge in [0, 0.05) is 17.8 Å². The second-order valence-corrected chi connectivity index (χ2v) is 7.34. The van der Waals surface area contributed by atoms with Crippen molar-refractivity contribution in [2.45, 2.75) is 71.9 Å². The van der Waals surface area contributed by atoms with E-state index < -0.39 is 0 Å². The third-order valence-electron chi connectivity index (χ3n) is 3.67. The van der Waals surface area contributed by atoms with Crippen molar-refractivity contribution in [3.63, 3.8) is 0 Å². The summed E-state index contributed by atoms with van der Waals surface area (Å²) < 4.78 is 0. The Kier molecular flexibility index (Phi) is 6.20. The average Bonchev–Trinajstić information content (AvgIpc) is 2.37. The SMILES string of the molecule is CCSCC(C)NC1CCCC(C)(C)CC1. The van der Waals surface area contributed by atoms with E-state index in [9.17, 15) is 0 Å². The van der Waals surface area contributed by atoms with Crippen LogP contribution in [-0.4, -0.2) is 23.6 Å². The monoisotopic (exact) mass is 243 g/mol. The molecule has 1 N–H and O–H groups in total. The molecule has 0 radical (unpaired) electrons. The highest BCUT2D eigenvalue weighted by Crippen LogP contribution is 2.33. The van der Waals surface area contributed by atoms with Crippen molar-refractivity contribution in [2.75, 3.05) is 11.5 Å². The Hall–Kier alpha value is 0.310. The highest BCUT2D eigenvalue weighted by molar-refractivity contribution is 7.99. The molecule has 16 heavy (non-hydrogen) atoms. The highest BCUT2D eigenvalue weighted by atomic mass is 32.2. The topological polar surface area (TPSA) is 12.0 Å². The fourth-order valence-electron chi connectivity index (χ4n) is 2.57. The quantitative estimate of drug-likeness (QED) is 0.730. The molecule has 0 aromatic rings. The Morgan fingerprint density at radius 1 is 1.31 bits per heavy atom. The predicted octanol–water partition coefficient (Wildman–Crippen LogP) is 4.08. The zero-order chi connectivity index (χ0) is 12.0. The van der Waals surface area contributed by atoms with Gasteiger partial charge < -0.3 is 5.32 Å². The first kappa shape index (κ1) is 14.4. The lowest BCUT2D eigenvalue weighted by atomic mass is 9.85. The maximum atomic E-state index is 3.81. The van der Waals surface area contributed by atoms with Crippen molar-refractivity contribution in [1.82, 2.24) is 5.32 Å². The van der Waals surface area contributed by atoms with Crippen LogP contribution in [0.1, 0.15) is 59.8 Å². The van der Waals surface area contributed by atoms with Gasteiger partial charge in [0.05, 0.1) is 0 Å². The van der Waals surface area contributed by atoms with Crippen LogP contribution in [-0.2, 0) is 0 Å². The molecule has 2 atom stereocenters. The summed E-state index contributed by atoms with van der Waals surface area (Å²) in [4.78, 5) is 0. The largest absolute Gasteiger partial charge is 0.311 e. The molecule has 0 amide bonds. The van der Waals surface area contributed by atoms with E-state index in [1.54, 1.807) is 0 Å². The number of hydrogen-bond acceptors (Lipinski definition) is 2. The van der Waals surface area contributed by atoms with Gasteiger partial charge in [0.15, 0.2) is 0 Å². The number of hydrogen-bond donors (Lipinski definition) is 1. The molecule has 0 saturated heterocycles. The summed E-state index contributed by atoms with van der Waals surface area (Å²) in [5, 5.41) is 3.81. The van der Waals surface area contributed by atoms with E-state index in [-0.39, 0.29) is 0 Å². The van der Waals surface area contributed by atoms with E-state index in [0.29, 0.717) is 11.5 Å². The van der Waals surface area contributed by atoms with Crippen LogP contribution in [0.25, 0.3) is 0 Å². The van der Waals surface area contributed by atoms with Crippen molar-refractivity contribution in [3.05, 3.63) is 0 Å². The molecule has 2 heteroatoms. The second kappa shape index (κ2) is 6.90. The molecule has 0 bridgehead atoms. The molecule has 1 aliphatic carbocycles. The Bertz CT molecular complexity index is 191. The average molecular weight is 243 g/mol. The van der Waals surface area contributed by atoms with Crippen molar-refractivity contribution < 1.29 is 0 Å². The third kappa shape index (κ3) is 5.58. The number of rotatable bonds is 5. The van der Waals surface area contributed by atoms with Crippen LogP contribution in [0.2, 0.25) is 0 Å². The Labute approximate surface area is 106 Å². The van der Waals surface area contributed by atoms with Gasteiger partial charge in [0.25, 0.3) is 0 Å². The maximum absolute atomic E-state index is 3.81. The van der Waals surface area contributed by atoms with Gasteiger partial charge in [-0.1, -0.05) is 27.2 Å². The summed E-state index contributed by atoms with van der Waals surface area (Å²) in [5.41, 5.74) is 0.581. The lowest BCUT2D eigenvalue weighted by molar-refractivity contribution is 0.308. The van der Waals surface area contributed by atoms with E-state index in [1.807, 2.05) is 11.8 Å². The molecule has 1 fully saturated rings. The first-order valence-electron chi connectivity index (χ1n) is 6.87. The van der Waals surface area contributed by atoms with Crippen molar-refractivity contribution in [3.8, 4) is 0 Å². The summed E-state index contributed by atoms with van der Waals surface area (Å²) in [6.07, 6.45) is 6.94. The lowest BCUT2D eigenvalue weighted by Crippen LogP contribution is -2.37. The van der Waals surface area contributed by atoms with Crippen LogP contribution in [0.4, 0.5) is 0 Å². The summed E-state index contributed by atoms with van der Waals surface area (Å²) in [6.45, 7) is 9.42. The van der Waals surface area contributed by atoms with E-state index in [4.69, 9.17) is 0 Å². The Morgan fingerprint density at radius 3 is 2.75 bits per heavy atom. The zero-order valence-electron chi connectivity index (χ0n) is 11.5. The molecule has 0 aliphatic heterocycles. The minimum absolute atomic E-state index is 0.581. The van der Waals surface area contributed by atoms with Gasteiger partial charge in [-0.15, -0.1) is 0 Å². The number of thioether (sulfide) groups is 1. The predicted molar refractivity (Wildman–Crippen MR) is 76.3 cm³/mol. The van der Waals surface area contributed by atoms with Crippen LogP contribution < -0.4 is 5.32 Å². The van der Waals surface area contributed by atoms with Gasteiger partial charge >= 0.3 is 0 Å². The van der Waals surface area contributed by atoms with Gasteiger partial charge in [-0.25, -0.2) is 0 Å². The van der Waals surface area contributed by atoms with Crippen LogP contribution in [0.15, 0.2) is 0 Å². The molecule has 1 saturated carbocycles. The first-order valence-corrected chi connectivity index (χ1v) is 8.03. The van der Waals surface area contributed by atoms with Crippen LogP contribution in [0.3, 0.4) is 0 Å². The molecular weight excluding hydrogens is 214 g/mol. The van der Waals surface area contributed by atoms with Crippen LogP contribution in [0, 0.1) is 5.41 Å². The van der Waals surface area contributed by atoms with E-state index >= 15 is 0 Å². The fourth-order valence-corrected chi connectivity index (χ4v) is 3.26. The summed E-state index contributed by atoms with van der Waals surface area (Å²) >= 11 is 2.05. The maximum Gasteiger partial charge on any atom is 0.0132 e. The summed E-state index contributed by atoms with van der Waals surface area (Å²) in [5.74, 6) is 2.50. The molecule has 1 rings (SSSR count). The van der Waals surface area contributed by atoms with Gasteiger partial charge in [-0.2, -0.15) is 11.8 Å². The molecule has 0 spiro atoms. The van der Waals surface area contributed by atoms with Gasteiger partial charge in [0.1, 0.15) is 0 Å². The standard InChI is InChI=1S/C14H29NS/c1-5-16-11-12(2)15-13-7-6-9-14(3,4)10-8-13/h12-13,15H,5-11H2,1-4H3. The van der Waals surface area contributed by atoms with E-state index in [2.05, 4.69) is 33.0 Å². The summed E-state index contributed by atoms with van der Waals surface area (Å²) in [6, 6.07) is 1.45. The molecule has 1 nitrogen and oxygen atoms in total. The Morgan fingerprint density at radius 2 is 2.06 bits per heavy atom. The van der Waals surface area contributed by atoms with E-state index in [0.717, 1.165) is 6.04 Å². The molecule has 0 heterocycles. The molecular formula is C14H29NS. The zero-order valence-corrected chi connectivity index (χ0v) is 12.3. The molecule has 0 aromatic carbocycles. The highest BCUT2D eigenvalue weighted by Gasteiger charge is 2.24. The van der Waals surface area contributed by atoms with Crippen molar-refractivity contribution >= 4 is 11.8 Å². The van der Waals surface area contributed by atoms with Crippen LogP contribution >= 0.6 is 11.8 Å². The fraction of sp³-hybridized carbons (Fsp3) is 1.00. The Balaban J connectivity index is 2.26. The van der Waals surface area contributed by atoms with Crippen LogP contribution in [0.5, 0.6) is 0 Å². The van der Waals surface area contributed by atoms with Gasteiger partial charge in [-0.3, -0.25) is 0 Å². The van der Waals surface area contributed by atoms with Crippen molar-refractivity contribution in [1.29, 1.82) is 0 Å². The minimum atomic E-state index is 0.581. The third-order valence-corrected chi connectivity index (χ3v) is 4.81. The summed E-state index contributed by atoms with van der Waals surface area (Å²) in [7, 11) is 0. The van der Waals surface area contributed by atoms with Gasteiger partial charge in [-0.05, 0) is 43.8 Å². The van der Waals surface area contributed by atoms with Gasteiger partial charge in [0.2, 0.25) is 0 Å². The second-order valence-electron chi connectivity index (χ2n) is 6.02. The molecule has 2 unspecified atom stereocenters. The normalized spacial score (nSPS) is 27.4. The lowest BCUT2D eigenvalue weighted by Gasteiger charge is -2.24. The number of nitrogens with one attached hydrogen (secondary N) is 1. The molecule has 96 valence electrons. The molecule has 0 aromatic heterocycles. The first-order chi connectivity index (χ1) is 7.53.